The summed E-state index contributed by atoms with van der Waals surface area (Å²) < 4.78 is 0. The zero-order valence-electron chi connectivity index (χ0n) is 4.61. The number of nitrogens with zero attached hydrogens (tertiary/aromatic N) is 1. The third-order valence-electron chi connectivity index (χ3n) is 0. The summed E-state index contributed by atoms with van der Waals surface area (Å²) in [5.74, 6) is 0. The van der Waals surface area contributed by atoms with Crippen LogP contribution in [0.5, 0.6) is 0 Å². The first-order valence-electron chi connectivity index (χ1n) is 1.41. The van der Waals surface area contributed by atoms with Crippen LogP contribution in [0.15, 0.2) is 0 Å². The number of halogens is 3. The predicted molar refractivity (Wildman–Crippen MR) is 17.3 cm³/mol. The zero-order valence-corrected chi connectivity index (χ0v) is 8.27. The molecule has 0 fully saturated rings. The van der Waals surface area contributed by atoms with Crippen LogP contribution in [0.1, 0.15) is 13.8 Å². The Bertz CT molecular complexity index is 19.2. The van der Waals surface area contributed by atoms with Crippen molar-refractivity contribution in [2.75, 3.05) is 0 Å². The summed E-state index contributed by atoms with van der Waals surface area (Å²) in [4.78, 5) is 0. The fraction of sp³-hybridized carbons (Fsp3) is 1.00. The van der Waals surface area contributed by atoms with Crippen LogP contribution in [0.25, 0.3) is 0 Å². The average molecular weight is 214 g/mol. The molecule has 0 atom stereocenters. The van der Waals surface area contributed by atoms with Crippen LogP contribution in [0, 0.1) is 0 Å². The smallest absolute Gasteiger partial charge is 0.0377 e. The van der Waals surface area contributed by atoms with Crippen LogP contribution >= 0.6 is 0 Å². The fourth-order valence-corrected chi connectivity index (χ4v) is 0. The summed E-state index contributed by atoms with van der Waals surface area (Å²) in [6.45, 7) is 3.44. The molecule has 0 aliphatic rings. The van der Waals surface area contributed by atoms with Crippen molar-refractivity contribution in [2.24, 2.45) is 0 Å². The second kappa shape index (κ2) is 23.7. The molecule has 0 amide bonds. The quantitative estimate of drug-likeness (QED) is 0.382. The molecule has 0 heterocycles. The molecule has 0 saturated carbocycles. The molecule has 0 aromatic heterocycles. The van der Waals surface area contributed by atoms with Gasteiger partial charge in [0.15, 0.2) is 0 Å². The fourth-order valence-electron chi connectivity index (χ4n) is 0. The van der Waals surface area contributed by atoms with E-state index in [9.17, 15) is 0 Å². The van der Waals surface area contributed by atoms with Crippen LogP contribution in [0.3, 0.4) is 0 Å². The molecule has 0 spiro atoms. The van der Waals surface area contributed by atoms with Crippen molar-refractivity contribution in [3.05, 3.63) is 0 Å². The van der Waals surface area contributed by atoms with Crippen molar-refractivity contribution in [2.45, 2.75) is 19.9 Å². The largest absolute Gasteiger partial charge is 1.00 e. The van der Waals surface area contributed by atoms with Crippen molar-refractivity contribution >= 4 is 0 Å². The van der Waals surface area contributed by atoms with Gasteiger partial charge >= 0.3 is 0 Å². The Hall–Kier alpha value is 1.41. The molecule has 0 aliphatic heterocycles. The summed E-state index contributed by atoms with van der Waals surface area (Å²) in [5.41, 5.74) is 8.06. The SMILES string of the molecule is CC(C)[N].[Cl-].[Cl-].[Cl-].[V]. The van der Waals surface area contributed by atoms with Crippen LogP contribution in [0.2, 0.25) is 0 Å². The van der Waals surface area contributed by atoms with Gasteiger partial charge in [-0.3, -0.25) is 0 Å². The van der Waals surface area contributed by atoms with Gasteiger partial charge < -0.3 is 37.2 Å². The van der Waals surface area contributed by atoms with E-state index >= 15 is 0 Å². The molecule has 0 bridgehead atoms. The molecule has 0 saturated heterocycles. The molecule has 0 unspecified atom stereocenters. The first kappa shape index (κ1) is 34.2. The maximum absolute atomic E-state index is 8.06. The molecule has 3 radical (unpaired) electrons. The molecule has 0 rings (SSSR count). The number of hydrogen-bond acceptors (Lipinski definition) is 0. The van der Waals surface area contributed by atoms with Gasteiger partial charge in [0.25, 0.3) is 0 Å². The summed E-state index contributed by atoms with van der Waals surface area (Å²) in [6, 6.07) is -0.167. The Labute approximate surface area is 81.3 Å². The monoisotopic (exact) mass is 213 g/mol. The van der Waals surface area contributed by atoms with Crippen LogP contribution in [-0.4, -0.2) is 6.04 Å². The summed E-state index contributed by atoms with van der Waals surface area (Å²) >= 11 is 0. The van der Waals surface area contributed by atoms with Gasteiger partial charge in [-0.15, -0.1) is 5.73 Å². The minimum absolute atomic E-state index is 0. The van der Waals surface area contributed by atoms with Crippen LogP contribution in [0.4, 0.5) is 0 Å². The van der Waals surface area contributed by atoms with E-state index in [1.807, 2.05) is 0 Å². The van der Waals surface area contributed by atoms with Gasteiger partial charge in [-0.25, -0.2) is 0 Å². The molecule has 0 aliphatic carbocycles. The Kier molecular flexibility index (Phi) is 101. The third kappa shape index (κ3) is 152. The summed E-state index contributed by atoms with van der Waals surface area (Å²) in [6.07, 6.45) is 0. The van der Waals surface area contributed by atoms with E-state index in [0.717, 1.165) is 0 Å². The van der Waals surface area contributed by atoms with E-state index in [1.54, 1.807) is 13.8 Å². The van der Waals surface area contributed by atoms with E-state index in [1.165, 1.54) is 0 Å². The van der Waals surface area contributed by atoms with Gasteiger partial charge in [-0.05, 0) is 13.8 Å². The first-order valence-corrected chi connectivity index (χ1v) is 1.41. The molecule has 8 heavy (non-hydrogen) atoms. The van der Waals surface area contributed by atoms with Crippen molar-refractivity contribution in [1.29, 1.82) is 0 Å². The van der Waals surface area contributed by atoms with Gasteiger partial charge in [-0.2, -0.15) is 0 Å². The molecule has 5 heteroatoms. The second-order valence-corrected chi connectivity index (χ2v) is 1.09. The third-order valence-corrected chi connectivity index (χ3v) is 0. The number of rotatable bonds is 0. The minimum Gasteiger partial charge on any atom is -1.00 e. The second-order valence-electron chi connectivity index (χ2n) is 1.09. The minimum atomic E-state index is -0.167. The average Bonchev–Trinajstić information content (AvgIpc) is 0.811. The van der Waals surface area contributed by atoms with Crippen molar-refractivity contribution in [3.8, 4) is 0 Å². The van der Waals surface area contributed by atoms with E-state index in [-0.39, 0.29) is 61.8 Å². The maximum Gasteiger partial charge on any atom is 0.0377 e. The molecule has 0 N–H and O–H groups in total. The van der Waals surface area contributed by atoms with E-state index in [2.05, 4.69) is 0 Å². The van der Waals surface area contributed by atoms with Gasteiger partial charge in [0.2, 0.25) is 0 Å². The van der Waals surface area contributed by atoms with E-state index in [0.29, 0.717) is 0 Å². The maximum atomic E-state index is 8.06. The van der Waals surface area contributed by atoms with Gasteiger partial charge in [0.1, 0.15) is 0 Å². The van der Waals surface area contributed by atoms with Gasteiger partial charge in [0, 0.05) is 24.6 Å². The molecule has 53 valence electrons. The molecule has 0 aromatic rings. The van der Waals surface area contributed by atoms with Crippen molar-refractivity contribution in [3.63, 3.8) is 0 Å². The van der Waals surface area contributed by atoms with Crippen molar-refractivity contribution in [1.82, 2.24) is 5.73 Å². The standard InChI is InChI=1S/C3H7N.3ClH.V/c1-3(2)4;;;;/h3H,1-2H3;3*1H;/p-3. The van der Waals surface area contributed by atoms with Crippen LogP contribution < -0.4 is 43.0 Å². The molecule has 0 aromatic carbocycles. The Balaban J connectivity index is -0.00000000750. The summed E-state index contributed by atoms with van der Waals surface area (Å²) in [7, 11) is 0. The Morgan fingerprint density at radius 2 is 1.00 bits per heavy atom. The molecule has 1 nitrogen and oxygen atoms in total. The van der Waals surface area contributed by atoms with Crippen LogP contribution in [-0.2, 0) is 18.6 Å². The predicted octanol–water partition coefficient (Wildman–Crippen LogP) is -8.53. The normalized spacial score (nSPS) is 4.50. The van der Waals surface area contributed by atoms with E-state index in [4.69, 9.17) is 5.73 Å². The Morgan fingerprint density at radius 3 is 1.00 bits per heavy atom. The first-order chi connectivity index (χ1) is 1.73. The molecular weight excluding hydrogens is 207 g/mol. The van der Waals surface area contributed by atoms with Crippen molar-refractivity contribution < 1.29 is 55.8 Å². The molecular formula is C3H7Cl3NV-3. The zero-order chi connectivity index (χ0) is 3.58. The topological polar surface area (TPSA) is 22.3 Å². The van der Waals surface area contributed by atoms with Gasteiger partial charge in [0.05, 0.1) is 0 Å². The summed E-state index contributed by atoms with van der Waals surface area (Å²) in [5, 5.41) is 0. The number of hydrogen-bond donors (Lipinski definition) is 0. The Morgan fingerprint density at radius 1 is 1.00 bits per heavy atom. The van der Waals surface area contributed by atoms with Gasteiger partial charge in [-0.1, -0.05) is 0 Å². The van der Waals surface area contributed by atoms with E-state index < -0.39 is 0 Å².